The maximum Gasteiger partial charge on any atom is 0.254 e. The first-order chi connectivity index (χ1) is 13.4. The second-order valence-electron chi connectivity index (χ2n) is 8.82. The quantitative estimate of drug-likeness (QED) is 0.792. The van der Waals surface area contributed by atoms with Gasteiger partial charge in [-0.3, -0.25) is 4.79 Å². The number of rotatable bonds is 5. The van der Waals surface area contributed by atoms with Crippen LogP contribution in [0.25, 0.3) is 0 Å². The molecule has 1 aromatic heterocycles. The maximum atomic E-state index is 13.4. The standard InChI is InChI=1S/C22H30N4O2/c1-15(2)11-26-14-23-24-20(26)18-12-25(13-22(18)9-6-10-22)21(27)17-7-5-8-19(28-4)16(17)3/h5,7-8,14-15,18H,6,9-13H2,1-4H3. The smallest absolute Gasteiger partial charge is 0.254 e. The Labute approximate surface area is 166 Å². The molecule has 150 valence electrons. The summed E-state index contributed by atoms with van der Waals surface area (Å²) in [7, 11) is 1.65. The summed E-state index contributed by atoms with van der Waals surface area (Å²) in [6.45, 7) is 8.81. The van der Waals surface area contributed by atoms with Gasteiger partial charge >= 0.3 is 0 Å². The fourth-order valence-corrected chi connectivity index (χ4v) is 4.92. The van der Waals surface area contributed by atoms with Crippen molar-refractivity contribution >= 4 is 5.91 Å². The van der Waals surface area contributed by atoms with Crippen molar-refractivity contribution in [2.24, 2.45) is 11.3 Å². The van der Waals surface area contributed by atoms with E-state index in [2.05, 4.69) is 28.6 Å². The summed E-state index contributed by atoms with van der Waals surface area (Å²) in [5.74, 6) is 2.70. The lowest BCUT2D eigenvalue weighted by Gasteiger charge is -2.42. The zero-order chi connectivity index (χ0) is 19.9. The third-order valence-corrected chi connectivity index (χ3v) is 6.54. The van der Waals surface area contributed by atoms with Crippen LogP contribution in [0.5, 0.6) is 5.75 Å². The molecule has 0 N–H and O–H groups in total. The Hall–Kier alpha value is -2.37. The molecule has 2 heterocycles. The molecule has 0 bridgehead atoms. The van der Waals surface area contributed by atoms with Crippen LogP contribution in [0.1, 0.15) is 60.8 Å². The molecular weight excluding hydrogens is 352 g/mol. The van der Waals surface area contributed by atoms with Gasteiger partial charge in [0.1, 0.15) is 17.9 Å². The van der Waals surface area contributed by atoms with Crippen LogP contribution in [-0.4, -0.2) is 45.8 Å². The minimum Gasteiger partial charge on any atom is -0.496 e. The fourth-order valence-electron chi connectivity index (χ4n) is 4.92. The van der Waals surface area contributed by atoms with E-state index in [9.17, 15) is 4.79 Å². The molecule has 1 saturated carbocycles. The van der Waals surface area contributed by atoms with Crippen LogP contribution < -0.4 is 4.74 Å². The molecule has 1 aliphatic carbocycles. The number of likely N-dealkylation sites (tertiary alicyclic amines) is 1. The molecule has 6 nitrogen and oxygen atoms in total. The van der Waals surface area contributed by atoms with E-state index in [0.29, 0.717) is 12.5 Å². The lowest BCUT2D eigenvalue weighted by atomic mass is 9.62. The van der Waals surface area contributed by atoms with Crippen LogP contribution >= 0.6 is 0 Å². The van der Waals surface area contributed by atoms with Gasteiger partial charge in [0, 0.05) is 36.7 Å². The number of amides is 1. The predicted molar refractivity (Wildman–Crippen MR) is 108 cm³/mol. The third-order valence-electron chi connectivity index (χ3n) is 6.54. The van der Waals surface area contributed by atoms with Gasteiger partial charge in [-0.1, -0.05) is 26.3 Å². The number of hydrogen-bond donors (Lipinski definition) is 0. The van der Waals surface area contributed by atoms with E-state index in [1.807, 2.05) is 36.4 Å². The highest BCUT2D eigenvalue weighted by molar-refractivity contribution is 5.96. The highest BCUT2D eigenvalue weighted by atomic mass is 16.5. The Morgan fingerprint density at radius 2 is 2.14 bits per heavy atom. The number of nitrogens with zero attached hydrogens (tertiary/aromatic N) is 4. The van der Waals surface area contributed by atoms with Crippen LogP contribution in [0, 0.1) is 18.3 Å². The van der Waals surface area contributed by atoms with E-state index in [-0.39, 0.29) is 17.2 Å². The highest BCUT2D eigenvalue weighted by Gasteiger charge is 2.53. The van der Waals surface area contributed by atoms with Crippen molar-refractivity contribution in [1.82, 2.24) is 19.7 Å². The monoisotopic (exact) mass is 382 g/mol. The molecule has 1 saturated heterocycles. The van der Waals surface area contributed by atoms with Crippen molar-refractivity contribution < 1.29 is 9.53 Å². The Balaban J connectivity index is 1.62. The fraction of sp³-hybridized carbons (Fsp3) is 0.591. The molecule has 2 fully saturated rings. The molecule has 1 aromatic carbocycles. The van der Waals surface area contributed by atoms with Crippen LogP contribution in [0.2, 0.25) is 0 Å². The summed E-state index contributed by atoms with van der Waals surface area (Å²) < 4.78 is 7.61. The average molecular weight is 383 g/mol. The van der Waals surface area contributed by atoms with Crippen molar-refractivity contribution in [2.45, 2.75) is 52.5 Å². The topological polar surface area (TPSA) is 60.2 Å². The summed E-state index contributed by atoms with van der Waals surface area (Å²) in [4.78, 5) is 15.4. The number of ether oxygens (including phenoxy) is 1. The molecule has 4 rings (SSSR count). The largest absolute Gasteiger partial charge is 0.496 e. The van der Waals surface area contributed by atoms with Gasteiger partial charge in [0.05, 0.1) is 7.11 Å². The number of methoxy groups -OCH3 is 1. The zero-order valence-electron chi connectivity index (χ0n) is 17.3. The number of aromatic nitrogens is 3. The van der Waals surface area contributed by atoms with Crippen molar-refractivity contribution in [3.8, 4) is 5.75 Å². The average Bonchev–Trinajstić information content (AvgIpc) is 3.24. The molecule has 1 spiro atoms. The summed E-state index contributed by atoms with van der Waals surface area (Å²) in [5, 5.41) is 8.70. The molecule has 1 unspecified atom stereocenters. The third kappa shape index (κ3) is 3.09. The molecule has 28 heavy (non-hydrogen) atoms. The van der Waals surface area contributed by atoms with Crippen molar-refractivity contribution in [2.75, 3.05) is 20.2 Å². The Bertz CT molecular complexity index is 869. The lowest BCUT2D eigenvalue weighted by molar-refractivity contribution is 0.0722. The number of benzene rings is 1. The van der Waals surface area contributed by atoms with E-state index in [0.717, 1.165) is 48.6 Å². The normalized spacial score (nSPS) is 20.6. The molecule has 1 aliphatic heterocycles. The molecule has 1 atom stereocenters. The second kappa shape index (κ2) is 7.22. The van der Waals surface area contributed by atoms with Gasteiger partial charge < -0.3 is 14.2 Å². The number of hydrogen-bond acceptors (Lipinski definition) is 4. The Morgan fingerprint density at radius 3 is 2.79 bits per heavy atom. The van der Waals surface area contributed by atoms with E-state index >= 15 is 0 Å². The minimum atomic E-state index is 0.0973. The summed E-state index contributed by atoms with van der Waals surface area (Å²) in [5.41, 5.74) is 1.80. The maximum absolute atomic E-state index is 13.4. The first-order valence-electron chi connectivity index (χ1n) is 10.3. The second-order valence-corrected chi connectivity index (χ2v) is 8.82. The van der Waals surface area contributed by atoms with Gasteiger partial charge in [0.2, 0.25) is 0 Å². The SMILES string of the molecule is COc1cccc(C(=O)N2CC(c3nncn3CC(C)C)C3(CCC3)C2)c1C. The van der Waals surface area contributed by atoms with Crippen molar-refractivity contribution in [3.63, 3.8) is 0 Å². The van der Waals surface area contributed by atoms with Crippen molar-refractivity contribution in [1.29, 1.82) is 0 Å². The highest BCUT2D eigenvalue weighted by Crippen LogP contribution is 2.55. The van der Waals surface area contributed by atoms with E-state index in [1.165, 1.54) is 6.42 Å². The molecule has 0 radical (unpaired) electrons. The predicted octanol–water partition coefficient (Wildman–Crippen LogP) is 3.66. The summed E-state index contributed by atoms with van der Waals surface area (Å²) >= 11 is 0. The van der Waals surface area contributed by atoms with E-state index in [4.69, 9.17) is 4.74 Å². The Morgan fingerprint density at radius 1 is 1.36 bits per heavy atom. The summed E-state index contributed by atoms with van der Waals surface area (Å²) in [6.07, 6.45) is 5.40. The zero-order valence-corrected chi connectivity index (χ0v) is 17.3. The van der Waals surface area contributed by atoms with Gasteiger partial charge in [-0.15, -0.1) is 10.2 Å². The first-order valence-corrected chi connectivity index (χ1v) is 10.3. The lowest BCUT2D eigenvalue weighted by Crippen LogP contribution is -2.38. The first kappa shape index (κ1) is 19.0. The molecule has 2 aromatic rings. The molecule has 2 aliphatic rings. The van der Waals surface area contributed by atoms with Gasteiger partial charge in [0.15, 0.2) is 0 Å². The van der Waals surface area contributed by atoms with Gasteiger partial charge in [-0.25, -0.2) is 0 Å². The van der Waals surface area contributed by atoms with Gasteiger partial charge in [-0.2, -0.15) is 0 Å². The van der Waals surface area contributed by atoms with Crippen LogP contribution in [0.4, 0.5) is 0 Å². The molecular formula is C22H30N4O2. The van der Waals surface area contributed by atoms with Crippen LogP contribution in [0.15, 0.2) is 24.5 Å². The minimum absolute atomic E-state index is 0.0973. The van der Waals surface area contributed by atoms with Crippen LogP contribution in [-0.2, 0) is 6.54 Å². The molecule has 1 amide bonds. The van der Waals surface area contributed by atoms with Gasteiger partial charge in [-0.05, 0) is 43.2 Å². The number of carbonyl (C=O) groups is 1. The number of carbonyl (C=O) groups excluding carboxylic acids is 1. The van der Waals surface area contributed by atoms with E-state index < -0.39 is 0 Å². The summed E-state index contributed by atoms with van der Waals surface area (Å²) in [6, 6.07) is 5.70. The Kier molecular flexibility index (Phi) is 4.89. The van der Waals surface area contributed by atoms with Crippen LogP contribution in [0.3, 0.4) is 0 Å². The van der Waals surface area contributed by atoms with Crippen molar-refractivity contribution in [3.05, 3.63) is 41.5 Å². The van der Waals surface area contributed by atoms with Gasteiger partial charge in [0.25, 0.3) is 5.91 Å². The molecule has 6 heteroatoms. The van der Waals surface area contributed by atoms with E-state index in [1.54, 1.807) is 7.11 Å².